The minimum Gasteiger partial charge on any atom is -0.367 e. The molecule has 2 aliphatic rings. The van der Waals surface area contributed by atoms with E-state index >= 15 is 0 Å². The average molecular weight is 298 g/mol. The fraction of sp³-hybridized carbons (Fsp3) is 0.625. The first-order chi connectivity index (χ1) is 9.31. The van der Waals surface area contributed by atoms with Gasteiger partial charge in [-0.05, 0) is 43.2 Å². The summed E-state index contributed by atoms with van der Waals surface area (Å²) in [7, 11) is 0. The average Bonchev–Trinajstić information content (AvgIpc) is 2.46. The minimum atomic E-state index is 0.545. The van der Waals surface area contributed by atoms with E-state index in [1.807, 2.05) is 12.1 Å². The van der Waals surface area contributed by atoms with Gasteiger partial charge in [0.1, 0.15) is 0 Å². The number of para-hydroxylation sites is 1. The van der Waals surface area contributed by atoms with E-state index < -0.39 is 0 Å². The van der Waals surface area contributed by atoms with Crippen LogP contribution in [0.4, 0.5) is 5.69 Å². The predicted octanol–water partition coefficient (Wildman–Crippen LogP) is 5.24. The largest absolute Gasteiger partial charge is 0.367 e. The summed E-state index contributed by atoms with van der Waals surface area (Å²) in [5, 5.41) is 0.865. The van der Waals surface area contributed by atoms with Gasteiger partial charge >= 0.3 is 0 Å². The molecular formula is C16H21Cl2N. The molecular weight excluding hydrogens is 277 g/mol. The lowest BCUT2D eigenvalue weighted by Crippen LogP contribution is -2.47. The van der Waals surface area contributed by atoms with Gasteiger partial charge in [-0.25, -0.2) is 0 Å². The first-order valence-corrected chi connectivity index (χ1v) is 8.32. The van der Waals surface area contributed by atoms with Crippen molar-refractivity contribution in [2.45, 2.75) is 50.4 Å². The molecule has 1 aliphatic heterocycles. The van der Waals surface area contributed by atoms with Crippen molar-refractivity contribution in [1.29, 1.82) is 0 Å². The van der Waals surface area contributed by atoms with Crippen molar-refractivity contribution < 1.29 is 0 Å². The van der Waals surface area contributed by atoms with E-state index in [9.17, 15) is 0 Å². The molecule has 0 radical (unpaired) electrons. The molecule has 1 nitrogen and oxygen atoms in total. The van der Waals surface area contributed by atoms with Gasteiger partial charge in [0.2, 0.25) is 0 Å². The highest BCUT2D eigenvalue weighted by atomic mass is 35.5. The Hall–Kier alpha value is -0.400. The Bertz CT molecular complexity index is 444. The summed E-state index contributed by atoms with van der Waals surface area (Å²) in [5.74, 6) is 1.41. The molecule has 0 spiro atoms. The molecule has 1 saturated carbocycles. The summed E-state index contributed by atoms with van der Waals surface area (Å²) in [6.45, 7) is 1.13. The molecule has 2 fully saturated rings. The van der Waals surface area contributed by atoms with Crippen LogP contribution in [-0.2, 0) is 5.88 Å². The summed E-state index contributed by atoms with van der Waals surface area (Å²) in [5.41, 5.74) is 2.39. The molecule has 1 heterocycles. The zero-order valence-electron chi connectivity index (χ0n) is 11.2. The van der Waals surface area contributed by atoms with Gasteiger partial charge in [0.15, 0.2) is 0 Å². The summed E-state index contributed by atoms with van der Waals surface area (Å²) < 4.78 is 0. The van der Waals surface area contributed by atoms with E-state index in [1.54, 1.807) is 0 Å². The molecule has 0 N–H and O–H groups in total. The molecule has 19 heavy (non-hydrogen) atoms. The molecule has 2 atom stereocenters. The SMILES string of the molecule is ClCc1cccc(Cl)c1N1CCC[C@H]2CCCC[C@H]21. The maximum atomic E-state index is 6.47. The van der Waals surface area contributed by atoms with Crippen molar-refractivity contribution in [2.24, 2.45) is 5.92 Å². The second-order valence-electron chi connectivity index (χ2n) is 5.83. The topological polar surface area (TPSA) is 3.24 Å². The molecule has 3 heteroatoms. The maximum Gasteiger partial charge on any atom is 0.0642 e. The molecule has 1 saturated heterocycles. The highest BCUT2D eigenvalue weighted by Crippen LogP contribution is 2.41. The van der Waals surface area contributed by atoms with Gasteiger partial charge in [-0.2, -0.15) is 0 Å². The second-order valence-corrected chi connectivity index (χ2v) is 6.50. The van der Waals surface area contributed by atoms with E-state index in [4.69, 9.17) is 23.2 Å². The fourth-order valence-electron chi connectivity index (χ4n) is 3.89. The number of piperidine rings is 1. The number of rotatable bonds is 2. The summed E-state index contributed by atoms with van der Waals surface area (Å²) >= 11 is 12.6. The third-order valence-corrected chi connectivity index (χ3v) is 5.34. The van der Waals surface area contributed by atoms with Crippen molar-refractivity contribution in [3.8, 4) is 0 Å². The smallest absolute Gasteiger partial charge is 0.0642 e. The van der Waals surface area contributed by atoms with E-state index in [2.05, 4.69) is 11.0 Å². The molecule has 1 aromatic carbocycles. The monoisotopic (exact) mass is 297 g/mol. The zero-order valence-corrected chi connectivity index (χ0v) is 12.8. The number of hydrogen-bond acceptors (Lipinski definition) is 1. The minimum absolute atomic E-state index is 0.545. The van der Waals surface area contributed by atoms with Crippen LogP contribution < -0.4 is 4.90 Å². The molecule has 0 bridgehead atoms. The van der Waals surface area contributed by atoms with Crippen molar-refractivity contribution in [1.82, 2.24) is 0 Å². The van der Waals surface area contributed by atoms with Gasteiger partial charge in [0, 0.05) is 18.5 Å². The van der Waals surface area contributed by atoms with Crippen LogP contribution in [-0.4, -0.2) is 12.6 Å². The number of benzene rings is 1. The number of hydrogen-bond donors (Lipinski definition) is 0. The van der Waals surface area contributed by atoms with Crippen LogP contribution in [0.15, 0.2) is 18.2 Å². The molecule has 104 valence electrons. The van der Waals surface area contributed by atoms with Crippen LogP contribution in [0.3, 0.4) is 0 Å². The fourth-order valence-corrected chi connectivity index (χ4v) is 4.41. The van der Waals surface area contributed by atoms with Gasteiger partial charge in [-0.3, -0.25) is 0 Å². The predicted molar refractivity (Wildman–Crippen MR) is 83.3 cm³/mol. The lowest BCUT2D eigenvalue weighted by Gasteiger charge is -2.46. The highest BCUT2D eigenvalue weighted by Gasteiger charge is 2.34. The Kier molecular flexibility index (Phi) is 4.24. The summed E-state index contributed by atoms with van der Waals surface area (Å²) in [4.78, 5) is 2.56. The molecule has 0 aromatic heterocycles. The molecule has 3 rings (SSSR count). The Balaban J connectivity index is 1.96. The third-order valence-electron chi connectivity index (χ3n) is 4.74. The van der Waals surface area contributed by atoms with Crippen LogP contribution >= 0.6 is 23.2 Å². The molecule has 1 aromatic rings. The Morgan fingerprint density at radius 3 is 2.74 bits per heavy atom. The van der Waals surface area contributed by atoms with Crippen LogP contribution in [0.2, 0.25) is 5.02 Å². The van der Waals surface area contributed by atoms with E-state index in [0.717, 1.165) is 17.5 Å². The number of nitrogens with zero attached hydrogens (tertiary/aromatic N) is 1. The lowest BCUT2D eigenvalue weighted by molar-refractivity contribution is 0.243. The van der Waals surface area contributed by atoms with Crippen LogP contribution in [0.1, 0.15) is 44.1 Å². The standard InChI is InChI=1S/C16H21Cl2N/c17-11-13-6-3-8-14(18)16(13)19-10-4-7-12-5-1-2-9-15(12)19/h3,6,8,12,15H,1-2,4-5,7,9-11H2/t12-,15-/m1/s1. The maximum absolute atomic E-state index is 6.47. The summed E-state index contributed by atoms with van der Waals surface area (Å²) in [6, 6.07) is 6.80. The second kappa shape index (κ2) is 5.93. The van der Waals surface area contributed by atoms with Crippen molar-refractivity contribution >= 4 is 28.9 Å². The normalized spacial score (nSPS) is 27.2. The summed E-state index contributed by atoms with van der Waals surface area (Å²) in [6.07, 6.45) is 8.15. The first-order valence-electron chi connectivity index (χ1n) is 7.41. The quantitative estimate of drug-likeness (QED) is 0.675. The molecule has 0 amide bonds. The van der Waals surface area contributed by atoms with Crippen LogP contribution in [0.25, 0.3) is 0 Å². The van der Waals surface area contributed by atoms with E-state index in [0.29, 0.717) is 11.9 Å². The van der Waals surface area contributed by atoms with Crippen LogP contribution in [0, 0.1) is 5.92 Å². The number of anilines is 1. The van der Waals surface area contributed by atoms with E-state index in [1.165, 1.54) is 49.8 Å². The Morgan fingerprint density at radius 1 is 1.11 bits per heavy atom. The molecule has 1 aliphatic carbocycles. The number of alkyl halides is 1. The Morgan fingerprint density at radius 2 is 1.89 bits per heavy atom. The molecule has 0 unspecified atom stereocenters. The Labute approximate surface area is 125 Å². The van der Waals surface area contributed by atoms with Crippen molar-refractivity contribution in [3.05, 3.63) is 28.8 Å². The highest BCUT2D eigenvalue weighted by molar-refractivity contribution is 6.33. The van der Waals surface area contributed by atoms with Crippen molar-refractivity contribution in [3.63, 3.8) is 0 Å². The van der Waals surface area contributed by atoms with Crippen LogP contribution in [0.5, 0.6) is 0 Å². The first kappa shape index (κ1) is 13.6. The van der Waals surface area contributed by atoms with Gasteiger partial charge in [0.25, 0.3) is 0 Å². The lowest BCUT2D eigenvalue weighted by atomic mass is 9.78. The zero-order chi connectivity index (χ0) is 13.2. The van der Waals surface area contributed by atoms with Gasteiger partial charge in [-0.1, -0.05) is 36.6 Å². The van der Waals surface area contributed by atoms with Gasteiger partial charge < -0.3 is 4.90 Å². The van der Waals surface area contributed by atoms with Gasteiger partial charge in [-0.15, -0.1) is 11.6 Å². The number of fused-ring (bicyclic) bond motifs is 1. The van der Waals surface area contributed by atoms with Crippen molar-refractivity contribution in [2.75, 3.05) is 11.4 Å². The number of halogens is 2. The van der Waals surface area contributed by atoms with E-state index in [-0.39, 0.29) is 0 Å². The third kappa shape index (κ3) is 2.60. The van der Waals surface area contributed by atoms with Gasteiger partial charge in [0.05, 0.1) is 10.7 Å².